The molecular weight excluding hydrogens is 348 g/mol. The molecule has 2 N–H and O–H groups in total. The third-order valence-corrected chi connectivity index (χ3v) is 3.97. The van der Waals surface area contributed by atoms with Gasteiger partial charge in [0.15, 0.2) is 11.5 Å². The van der Waals surface area contributed by atoms with Crippen LogP contribution in [0.5, 0.6) is 17.2 Å². The average Bonchev–Trinajstić information content (AvgIpc) is 3.06. The molecule has 132 valence electrons. The Bertz CT molecular complexity index is 912. The van der Waals surface area contributed by atoms with E-state index in [1.807, 2.05) is 0 Å². The van der Waals surface area contributed by atoms with Gasteiger partial charge in [-0.05, 0) is 12.1 Å². The first-order valence-electron chi connectivity index (χ1n) is 7.24. The van der Waals surface area contributed by atoms with E-state index in [-0.39, 0.29) is 29.7 Å². The van der Waals surface area contributed by atoms with Crippen molar-refractivity contribution in [3.05, 3.63) is 42.0 Å². The van der Waals surface area contributed by atoms with Crippen molar-refractivity contribution < 1.29 is 27.4 Å². The van der Waals surface area contributed by atoms with Crippen molar-refractivity contribution in [1.29, 1.82) is 0 Å². The summed E-state index contributed by atoms with van der Waals surface area (Å²) >= 11 is 0. The normalized spacial score (nSPS) is 12.6. The number of benzene rings is 2. The number of hydrogen-bond acceptors (Lipinski definition) is 6. The van der Waals surface area contributed by atoms with Crippen LogP contribution in [0, 0.1) is 0 Å². The van der Waals surface area contributed by atoms with Gasteiger partial charge in [-0.25, -0.2) is 8.42 Å². The van der Waals surface area contributed by atoms with Gasteiger partial charge in [-0.15, -0.1) is 0 Å². The Balaban J connectivity index is 2.06. The van der Waals surface area contributed by atoms with Gasteiger partial charge in [-0.2, -0.15) is 0 Å². The number of carbonyl (C=O) groups is 1. The van der Waals surface area contributed by atoms with Gasteiger partial charge in [-0.3, -0.25) is 9.52 Å². The molecule has 2 aromatic carbocycles. The lowest BCUT2D eigenvalue weighted by molar-refractivity contribution is 0.102. The summed E-state index contributed by atoms with van der Waals surface area (Å²) in [5, 5.41) is 2.67. The van der Waals surface area contributed by atoms with Crippen molar-refractivity contribution >= 4 is 27.3 Å². The molecule has 1 aliphatic rings. The second kappa shape index (κ2) is 6.52. The van der Waals surface area contributed by atoms with Crippen LogP contribution in [0.15, 0.2) is 36.4 Å². The number of nitrogens with one attached hydrogen (secondary N) is 2. The van der Waals surface area contributed by atoms with Crippen LogP contribution in [0.4, 0.5) is 11.4 Å². The lowest BCUT2D eigenvalue weighted by atomic mass is 10.2. The zero-order valence-electron chi connectivity index (χ0n) is 13.5. The largest absolute Gasteiger partial charge is 0.493 e. The molecule has 3 rings (SSSR count). The summed E-state index contributed by atoms with van der Waals surface area (Å²) in [7, 11) is -2.18. The Kier molecular flexibility index (Phi) is 4.41. The minimum absolute atomic E-state index is 0.0831. The van der Waals surface area contributed by atoms with Crippen molar-refractivity contribution in [2.24, 2.45) is 0 Å². The van der Waals surface area contributed by atoms with Gasteiger partial charge in [0, 0.05) is 11.6 Å². The summed E-state index contributed by atoms with van der Waals surface area (Å²) in [5.74, 6) is 0.340. The average molecular weight is 364 g/mol. The number of sulfonamides is 1. The maximum Gasteiger partial charge on any atom is 0.255 e. The van der Waals surface area contributed by atoms with Crippen molar-refractivity contribution in [1.82, 2.24) is 0 Å². The number of anilines is 2. The molecule has 1 heterocycles. The monoisotopic (exact) mass is 364 g/mol. The predicted octanol–water partition coefficient (Wildman–Crippen LogP) is 2.05. The van der Waals surface area contributed by atoms with E-state index in [2.05, 4.69) is 10.0 Å². The summed E-state index contributed by atoms with van der Waals surface area (Å²) in [4.78, 5) is 12.4. The summed E-state index contributed by atoms with van der Waals surface area (Å²) in [6.07, 6.45) is 1.00. The Morgan fingerprint density at radius 2 is 1.84 bits per heavy atom. The Hall–Kier alpha value is -2.94. The number of carbonyl (C=O) groups excluding carboxylic acids is 1. The molecule has 0 fully saturated rings. The topological polar surface area (TPSA) is 103 Å². The molecule has 0 saturated carbocycles. The predicted molar refractivity (Wildman–Crippen MR) is 92.0 cm³/mol. The summed E-state index contributed by atoms with van der Waals surface area (Å²) in [5.41, 5.74) is 0.699. The quantitative estimate of drug-likeness (QED) is 0.842. The second-order valence-electron chi connectivity index (χ2n) is 5.26. The fourth-order valence-electron chi connectivity index (χ4n) is 2.36. The summed E-state index contributed by atoms with van der Waals surface area (Å²) < 4.78 is 41.7. The molecule has 0 aromatic heterocycles. The highest BCUT2D eigenvalue weighted by molar-refractivity contribution is 7.92. The van der Waals surface area contributed by atoms with Crippen LogP contribution in [0.25, 0.3) is 0 Å². The van der Waals surface area contributed by atoms with Crippen molar-refractivity contribution in [3.63, 3.8) is 0 Å². The van der Waals surface area contributed by atoms with Crippen molar-refractivity contribution in [2.45, 2.75) is 0 Å². The fraction of sp³-hybridized carbons (Fsp3) is 0.188. The Morgan fingerprint density at radius 3 is 2.48 bits per heavy atom. The molecule has 0 atom stereocenters. The van der Waals surface area contributed by atoms with Gasteiger partial charge in [0.1, 0.15) is 5.69 Å². The molecule has 0 saturated heterocycles. The minimum atomic E-state index is -3.62. The lowest BCUT2D eigenvalue weighted by Gasteiger charge is -2.16. The van der Waals surface area contributed by atoms with E-state index in [9.17, 15) is 13.2 Å². The number of fused-ring (bicyclic) bond motifs is 1. The third-order valence-electron chi connectivity index (χ3n) is 3.40. The van der Waals surface area contributed by atoms with Crippen LogP contribution < -0.4 is 24.2 Å². The van der Waals surface area contributed by atoms with Crippen LogP contribution in [-0.2, 0) is 10.0 Å². The molecule has 0 bridgehead atoms. The van der Waals surface area contributed by atoms with E-state index in [0.717, 1.165) is 6.26 Å². The molecule has 25 heavy (non-hydrogen) atoms. The maximum atomic E-state index is 12.4. The molecule has 0 unspecified atom stereocenters. The van der Waals surface area contributed by atoms with E-state index in [0.29, 0.717) is 11.3 Å². The molecule has 8 nitrogen and oxygen atoms in total. The van der Waals surface area contributed by atoms with E-state index in [1.54, 1.807) is 30.3 Å². The van der Waals surface area contributed by atoms with Crippen LogP contribution >= 0.6 is 0 Å². The molecule has 0 aliphatic carbocycles. The first kappa shape index (κ1) is 16.9. The minimum Gasteiger partial charge on any atom is -0.493 e. The molecule has 9 heteroatoms. The molecule has 0 spiro atoms. The highest BCUT2D eigenvalue weighted by atomic mass is 32.2. The Labute approximate surface area is 144 Å². The van der Waals surface area contributed by atoms with Crippen molar-refractivity contribution in [2.75, 3.05) is 30.2 Å². The number of amides is 1. The number of hydrogen-bond donors (Lipinski definition) is 2. The molecular formula is C16H16N2O6S. The molecule has 0 radical (unpaired) electrons. The maximum absolute atomic E-state index is 12.4. The van der Waals surface area contributed by atoms with Crippen molar-refractivity contribution in [3.8, 4) is 17.2 Å². The fourth-order valence-corrected chi connectivity index (χ4v) is 2.93. The summed E-state index contributed by atoms with van der Waals surface area (Å²) in [6.45, 7) is -0.0831. The van der Waals surface area contributed by atoms with E-state index >= 15 is 0 Å². The van der Waals surface area contributed by atoms with Gasteiger partial charge in [0.05, 0.1) is 19.1 Å². The SMILES string of the molecule is COc1cc(NC(=O)c2ccccc2)c(NS(C)(=O)=O)c2c1OCO2. The van der Waals surface area contributed by atoms with E-state index in [4.69, 9.17) is 14.2 Å². The van der Waals surface area contributed by atoms with Gasteiger partial charge in [0.2, 0.25) is 22.6 Å². The zero-order chi connectivity index (χ0) is 18.0. The van der Waals surface area contributed by atoms with Crippen LogP contribution in [0.2, 0.25) is 0 Å². The lowest BCUT2D eigenvalue weighted by Crippen LogP contribution is -2.16. The zero-order valence-corrected chi connectivity index (χ0v) is 14.3. The first-order valence-corrected chi connectivity index (χ1v) is 9.13. The molecule has 2 aromatic rings. The number of ether oxygens (including phenoxy) is 3. The number of rotatable bonds is 5. The van der Waals surface area contributed by atoms with Gasteiger partial charge >= 0.3 is 0 Å². The van der Waals surface area contributed by atoms with Crippen LogP contribution in [0.3, 0.4) is 0 Å². The highest BCUT2D eigenvalue weighted by Crippen LogP contribution is 2.50. The van der Waals surface area contributed by atoms with Gasteiger partial charge in [-0.1, -0.05) is 18.2 Å². The molecule has 1 aliphatic heterocycles. The standard InChI is InChI=1S/C16H16N2O6S/c1-22-12-8-11(17-16(19)10-6-4-3-5-7-10)13(18-25(2,20)21)15-14(12)23-9-24-15/h3-8,18H,9H2,1-2H3,(H,17,19). The van der Waals surface area contributed by atoms with Gasteiger partial charge in [0.25, 0.3) is 5.91 Å². The second-order valence-corrected chi connectivity index (χ2v) is 7.01. The third kappa shape index (κ3) is 3.61. The molecule has 1 amide bonds. The first-order chi connectivity index (χ1) is 11.9. The van der Waals surface area contributed by atoms with E-state index < -0.39 is 15.9 Å². The van der Waals surface area contributed by atoms with Crippen LogP contribution in [-0.4, -0.2) is 34.5 Å². The smallest absolute Gasteiger partial charge is 0.255 e. The van der Waals surface area contributed by atoms with Gasteiger partial charge < -0.3 is 19.5 Å². The van der Waals surface area contributed by atoms with E-state index in [1.165, 1.54) is 13.2 Å². The number of methoxy groups -OCH3 is 1. The van der Waals surface area contributed by atoms with Crippen LogP contribution in [0.1, 0.15) is 10.4 Å². The Morgan fingerprint density at radius 1 is 1.16 bits per heavy atom. The summed E-state index contributed by atoms with van der Waals surface area (Å²) in [6, 6.07) is 10.0. The highest BCUT2D eigenvalue weighted by Gasteiger charge is 2.28.